The van der Waals surface area contributed by atoms with E-state index in [-0.39, 0.29) is 19.1 Å². The Bertz CT molecular complexity index is 1230. The van der Waals surface area contributed by atoms with Crippen LogP contribution >= 0.6 is 11.6 Å². The maximum Gasteiger partial charge on any atom is 0.344 e. The zero-order valence-corrected chi connectivity index (χ0v) is 19.9. The predicted octanol–water partition coefficient (Wildman–Crippen LogP) is 5.37. The molecule has 0 unspecified atom stereocenters. The van der Waals surface area contributed by atoms with E-state index >= 15 is 0 Å². The van der Waals surface area contributed by atoms with Gasteiger partial charge in [-0.05, 0) is 49.7 Å². The third-order valence-electron chi connectivity index (χ3n) is 5.41. The van der Waals surface area contributed by atoms with Crippen molar-refractivity contribution in [1.29, 1.82) is 0 Å². The lowest BCUT2D eigenvalue weighted by atomic mass is 10.0. The van der Waals surface area contributed by atoms with Crippen LogP contribution in [0.3, 0.4) is 0 Å². The molecule has 1 atom stereocenters. The number of rotatable bonds is 7. The van der Waals surface area contributed by atoms with Crippen molar-refractivity contribution in [2.45, 2.75) is 20.0 Å². The number of methoxy groups -OCH3 is 1. The van der Waals surface area contributed by atoms with Gasteiger partial charge in [0.15, 0.2) is 18.1 Å². The molecule has 1 amide bonds. The Morgan fingerprint density at radius 1 is 1.12 bits per heavy atom. The molecule has 0 aliphatic carbocycles. The standard InChI is InChI=1S/C26H25ClN2O5/c1-4-33-23(30)15-34-24-20(13-17(27)14-22(24)32-3)25-28-21-11-6-5-10-19(21)26(31)29(25)18-9-7-8-16(2)12-18/h5-14,25,28H,4,15H2,1-3H3/t25-/m1/s1. The number of anilines is 2. The second kappa shape index (κ2) is 10.1. The highest BCUT2D eigenvalue weighted by Gasteiger charge is 2.36. The van der Waals surface area contributed by atoms with E-state index in [4.69, 9.17) is 25.8 Å². The Morgan fingerprint density at radius 3 is 2.65 bits per heavy atom. The molecule has 7 nitrogen and oxygen atoms in total. The van der Waals surface area contributed by atoms with Crippen molar-refractivity contribution in [3.63, 3.8) is 0 Å². The molecule has 1 heterocycles. The fourth-order valence-electron chi connectivity index (χ4n) is 3.95. The third-order valence-corrected chi connectivity index (χ3v) is 5.63. The van der Waals surface area contributed by atoms with Gasteiger partial charge >= 0.3 is 5.97 Å². The number of hydrogen-bond acceptors (Lipinski definition) is 6. The molecule has 0 radical (unpaired) electrons. The highest BCUT2D eigenvalue weighted by molar-refractivity contribution is 6.31. The van der Waals surface area contributed by atoms with Crippen molar-refractivity contribution < 1.29 is 23.8 Å². The van der Waals surface area contributed by atoms with Crippen LogP contribution < -0.4 is 19.7 Å². The van der Waals surface area contributed by atoms with Crippen LogP contribution in [0.15, 0.2) is 60.7 Å². The number of esters is 1. The van der Waals surface area contributed by atoms with Crippen LogP contribution in [0.1, 0.15) is 34.6 Å². The monoisotopic (exact) mass is 480 g/mol. The van der Waals surface area contributed by atoms with Crippen LogP contribution in [0.5, 0.6) is 11.5 Å². The smallest absolute Gasteiger partial charge is 0.344 e. The largest absolute Gasteiger partial charge is 0.493 e. The highest BCUT2D eigenvalue weighted by Crippen LogP contribution is 2.44. The van der Waals surface area contributed by atoms with Gasteiger partial charge in [0.1, 0.15) is 6.17 Å². The zero-order valence-electron chi connectivity index (χ0n) is 19.1. The van der Waals surface area contributed by atoms with Gasteiger partial charge in [-0.25, -0.2) is 4.79 Å². The first-order chi connectivity index (χ1) is 16.4. The number of hydrogen-bond donors (Lipinski definition) is 1. The molecule has 1 N–H and O–H groups in total. The molecule has 3 aromatic rings. The van der Waals surface area contributed by atoms with Crippen LogP contribution in [0.25, 0.3) is 0 Å². The molecule has 0 fully saturated rings. The first-order valence-corrected chi connectivity index (χ1v) is 11.2. The lowest BCUT2D eigenvalue weighted by molar-refractivity contribution is -0.145. The van der Waals surface area contributed by atoms with Crippen molar-refractivity contribution in [2.24, 2.45) is 0 Å². The molecule has 0 aromatic heterocycles. The SMILES string of the molecule is CCOC(=O)COc1c(OC)cc(Cl)cc1[C@@H]1Nc2ccccc2C(=O)N1c1cccc(C)c1. The first-order valence-electron chi connectivity index (χ1n) is 10.8. The summed E-state index contributed by atoms with van der Waals surface area (Å²) in [6.07, 6.45) is -0.686. The summed E-state index contributed by atoms with van der Waals surface area (Å²) < 4.78 is 16.4. The van der Waals surface area contributed by atoms with Gasteiger partial charge in [-0.1, -0.05) is 35.9 Å². The number of amides is 1. The van der Waals surface area contributed by atoms with Crippen LogP contribution in [0.4, 0.5) is 11.4 Å². The Morgan fingerprint density at radius 2 is 1.91 bits per heavy atom. The Balaban J connectivity index is 1.87. The summed E-state index contributed by atoms with van der Waals surface area (Å²) >= 11 is 6.43. The van der Waals surface area contributed by atoms with E-state index in [1.54, 1.807) is 30.0 Å². The summed E-state index contributed by atoms with van der Waals surface area (Å²) in [6, 6.07) is 18.3. The normalized spacial score (nSPS) is 14.8. The quantitative estimate of drug-likeness (QED) is 0.458. The van der Waals surface area contributed by atoms with Crippen LogP contribution in [0, 0.1) is 6.92 Å². The van der Waals surface area contributed by atoms with Gasteiger partial charge in [0.25, 0.3) is 5.91 Å². The van der Waals surface area contributed by atoms with E-state index in [1.807, 2.05) is 49.4 Å². The molecule has 176 valence electrons. The lowest BCUT2D eigenvalue weighted by Gasteiger charge is -2.39. The van der Waals surface area contributed by atoms with Gasteiger partial charge in [0.05, 0.1) is 19.3 Å². The highest BCUT2D eigenvalue weighted by atomic mass is 35.5. The first kappa shape index (κ1) is 23.4. The molecule has 0 bridgehead atoms. The predicted molar refractivity (Wildman–Crippen MR) is 131 cm³/mol. The number of fused-ring (bicyclic) bond motifs is 1. The molecule has 1 aliphatic rings. The van der Waals surface area contributed by atoms with Crippen LogP contribution in [-0.2, 0) is 9.53 Å². The Hall–Kier alpha value is -3.71. The fourth-order valence-corrected chi connectivity index (χ4v) is 4.16. The molecular weight excluding hydrogens is 456 g/mol. The molecule has 0 spiro atoms. The number of aryl methyl sites for hydroxylation is 1. The molecule has 3 aromatic carbocycles. The number of carbonyl (C=O) groups is 2. The Labute approximate surface area is 203 Å². The van der Waals surface area contributed by atoms with E-state index in [2.05, 4.69) is 5.32 Å². The maximum atomic E-state index is 13.7. The van der Waals surface area contributed by atoms with Gasteiger partial charge in [0, 0.05) is 28.0 Å². The molecule has 8 heteroatoms. The molecule has 4 rings (SSSR count). The van der Waals surface area contributed by atoms with E-state index in [0.29, 0.717) is 39.0 Å². The minimum Gasteiger partial charge on any atom is -0.493 e. The average molecular weight is 481 g/mol. The minimum absolute atomic E-state index is 0.180. The van der Waals surface area contributed by atoms with E-state index in [1.165, 1.54) is 7.11 Å². The number of para-hydroxylation sites is 1. The van der Waals surface area contributed by atoms with Crippen molar-refractivity contribution in [3.8, 4) is 11.5 Å². The number of halogens is 1. The molecule has 1 aliphatic heterocycles. The molecular formula is C26H25ClN2O5. The van der Waals surface area contributed by atoms with Gasteiger partial charge in [-0.15, -0.1) is 0 Å². The van der Waals surface area contributed by atoms with Gasteiger partial charge in [-0.2, -0.15) is 0 Å². The fraction of sp³-hybridized carbons (Fsp3) is 0.231. The van der Waals surface area contributed by atoms with Gasteiger partial charge in [-0.3, -0.25) is 9.69 Å². The topological polar surface area (TPSA) is 77.1 Å². The molecule has 34 heavy (non-hydrogen) atoms. The van der Waals surface area contributed by atoms with Gasteiger partial charge < -0.3 is 19.5 Å². The number of ether oxygens (including phenoxy) is 3. The molecule has 0 saturated heterocycles. The average Bonchev–Trinajstić information content (AvgIpc) is 2.82. The number of nitrogens with zero attached hydrogens (tertiary/aromatic N) is 1. The summed E-state index contributed by atoms with van der Waals surface area (Å²) in [7, 11) is 1.49. The van der Waals surface area contributed by atoms with E-state index < -0.39 is 12.1 Å². The lowest BCUT2D eigenvalue weighted by Crippen LogP contribution is -2.43. The summed E-state index contributed by atoms with van der Waals surface area (Å²) in [4.78, 5) is 27.4. The second-order valence-electron chi connectivity index (χ2n) is 7.73. The second-order valence-corrected chi connectivity index (χ2v) is 8.16. The van der Waals surface area contributed by atoms with E-state index in [0.717, 1.165) is 5.56 Å². The van der Waals surface area contributed by atoms with Gasteiger partial charge in [0.2, 0.25) is 0 Å². The minimum atomic E-state index is -0.686. The number of nitrogens with one attached hydrogen (secondary N) is 1. The van der Waals surface area contributed by atoms with Crippen molar-refractivity contribution in [3.05, 3.63) is 82.4 Å². The summed E-state index contributed by atoms with van der Waals surface area (Å²) in [5.74, 6) is -0.0642. The van der Waals surface area contributed by atoms with Crippen molar-refractivity contribution >= 4 is 34.9 Å². The summed E-state index contributed by atoms with van der Waals surface area (Å²) in [5.41, 5.74) is 3.47. The molecule has 0 saturated carbocycles. The third kappa shape index (κ3) is 4.65. The Kier molecular flexibility index (Phi) is 6.93. The number of carbonyl (C=O) groups excluding carboxylic acids is 2. The summed E-state index contributed by atoms with van der Waals surface area (Å²) in [6.45, 7) is 3.61. The van der Waals surface area contributed by atoms with Crippen LogP contribution in [0.2, 0.25) is 5.02 Å². The van der Waals surface area contributed by atoms with Crippen LogP contribution in [-0.4, -0.2) is 32.2 Å². The van der Waals surface area contributed by atoms with Crippen molar-refractivity contribution in [2.75, 3.05) is 30.5 Å². The number of benzene rings is 3. The zero-order chi connectivity index (χ0) is 24.2. The summed E-state index contributed by atoms with van der Waals surface area (Å²) in [5, 5.41) is 3.83. The maximum absolute atomic E-state index is 13.7. The van der Waals surface area contributed by atoms with E-state index in [9.17, 15) is 9.59 Å². The van der Waals surface area contributed by atoms with Crippen molar-refractivity contribution in [1.82, 2.24) is 0 Å².